The van der Waals surface area contributed by atoms with Gasteiger partial charge >= 0.3 is 0 Å². The van der Waals surface area contributed by atoms with Gasteiger partial charge in [0, 0.05) is 25.4 Å². The summed E-state index contributed by atoms with van der Waals surface area (Å²) in [5.41, 5.74) is 0. The van der Waals surface area contributed by atoms with Gasteiger partial charge in [-0.05, 0) is 45.7 Å². The average molecular weight is 348 g/mol. The van der Waals surface area contributed by atoms with Crippen LogP contribution < -0.4 is 0 Å². The first-order chi connectivity index (χ1) is 12.1. The van der Waals surface area contributed by atoms with Crippen molar-refractivity contribution in [3.63, 3.8) is 0 Å². The fourth-order valence-electron chi connectivity index (χ4n) is 4.13. The van der Waals surface area contributed by atoms with Gasteiger partial charge in [-0.2, -0.15) is 4.98 Å². The average Bonchev–Trinajstić information content (AvgIpc) is 2.88. The van der Waals surface area contributed by atoms with Gasteiger partial charge in [0.25, 0.3) is 0 Å². The molecule has 0 radical (unpaired) electrons. The van der Waals surface area contributed by atoms with E-state index >= 15 is 0 Å². The van der Waals surface area contributed by atoms with E-state index in [2.05, 4.69) is 5.16 Å². The van der Waals surface area contributed by atoms with Crippen molar-refractivity contribution >= 4 is 5.91 Å². The first kappa shape index (κ1) is 18.4. The number of hydrogen-bond donors (Lipinski definition) is 0. The molecular weight excluding hydrogens is 316 g/mol. The van der Waals surface area contributed by atoms with Crippen LogP contribution >= 0.6 is 0 Å². The van der Waals surface area contributed by atoms with Gasteiger partial charge in [0.05, 0.1) is 6.54 Å². The maximum absolute atomic E-state index is 12.3. The van der Waals surface area contributed by atoms with Crippen molar-refractivity contribution in [2.75, 3.05) is 33.7 Å². The number of nitrogens with zero attached hydrogens (tertiary/aromatic N) is 4. The third-order valence-corrected chi connectivity index (χ3v) is 5.49. The van der Waals surface area contributed by atoms with Crippen molar-refractivity contribution in [2.24, 2.45) is 5.92 Å². The number of carbonyl (C=O) groups is 1. The lowest BCUT2D eigenvalue weighted by Crippen LogP contribution is -2.44. The smallest absolute Gasteiger partial charge is 0.236 e. The van der Waals surface area contributed by atoms with Crippen molar-refractivity contribution in [2.45, 2.75) is 63.7 Å². The number of piperidine rings is 1. The summed E-state index contributed by atoms with van der Waals surface area (Å²) >= 11 is 0. The van der Waals surface area contributed by atoms with Crippen LogP contribution in [-0.4, -0.2) is 59.6 Å². The van der Waals surface area contributed by atoms with Crippen molar-refractivity contribution < 1.29 is 9.32 Å². The van der Waals surface area contributed by atoms with Crippen LogP contribution in [0.2, 0.25) is 0 Å². The van der Waals surface area contributed by atoms with Gasteiger partial charge in [-0.3, -0.25) is 4.79 Å². The lowest BCUT2D eigenvalue weighted by atomic mass is 9.94. The van der Waals surface area contributed by atoms with Gasteiger partial charge in [0.1, 0.15) is 0 Å². The van der Waals surface area contributed by atoms with Gasteiger partial charge in [-0.15, -0.1) is 0 Å². The molecule has 1 aliphatic heterocycles. The molecule has 1 aliphatic carbocycles. The maximum atomic E-state index is 12.3. The van der Waals surface area contributed by atoms with E-state index in [0.717, 1.165) is 44.1 Å². The second kappa shape index (κ2) is 8.79. The molecule has 1 saturated carbocycles. The molecule has 1 aromatic heterocycles. The Morgan fingerprint density at radius 2 is 1.92 bits per heavy atom. The van der Waals surface area contributed by atoms with E-state index in [1.807, 2.05) is 23.9 Å². The monoisotopic (exact) mass is 348 g/mol. The zero-order valence-corrected chi connectivity index (χ0v) is 15.7. The molecule has 1 atom stereocenters. The quantitative estimate of drug-likeness (QED) is 0.766. The molecule has 1 amide bonds. The zero-order chi connectivity index (χ0) is 17.6. The molecule has 0 bridgehead atoms. The summed E-state index contributed by atoms with van der Waals surface area (Å²) in [6.45, 7) is 2.17. The van der Waals surface area contributed by atoms with Crippen LogP contribution in [0.25, 0.3) is 0 Å². The Kier molecular flexibility index (Phi) is 6.45. The molecule has 6 heteroatoms. The molecular formula is C19H32N4O2. The van der Waals surface area contributed by atoms with E-state index in [0.29, 0.717) is 18.4 Å². The van der Waals surface area contributed by atoms with Crippen molar-refractivity contribution in [1.82, 2.24) is 19.9 Å². The Morgan fingerprint density at radius 1 is 1.16 bits per heavy atom. The molecule has 0 N–H and O–H groups in total. The van der Waals surface area contributed by atoms with Crippen LogP contribution in [0.3, 0.4) is 0 Å². The Hall–Kier alpha value is -1.43. The van der Waals surface area contributed by atoms with Crippen LogP contribution in [0.5, 0.6) is 0 Å². The summed E-state index contributed by atoms with van der Waals surface area (Å²) in [6.07, 6.45) is 10.6. The van der Waals surface area contributed by atoms with Gasteiger partial charge in [-0.1, -0.05) is 30.8 Å². The second-order valence-corrected chi connectivity index (χ2v) is 8.02. The fourth-order valence-corrected chi connectivity index (χ4v) is 4.13. The van der Waals surface area contributed by atoms with Crippen molar-refractivity contribution in [3.8, 4) is 0 Å². The van der Waals surface area contributed by atoms with E-state index < -0.39 is 0 Å². The number of rotatable bonds is 5. The standard InChI is InChI=1S/C19H32N4O2/c1-22(2)14-18(24)23-11-7-8-15(13-23)12-17-20-19(21-25-17)16-9-5-3-4-6-10-16/h15-16H,3-14H2,1-2H3. The van der Waals surface area contributed by atoms with E-state index in [-0.39, 0.29) is 5.91 Å². The van der Waals surface area contributed by atoms with Gasteiger partial charge in [-0.25, -0.2) is 0 Å². The molecule has 3 rings (SSSR count). The molecule has 2 fully saturated rings. The van der Waals surface area contributed by atoms with Crippen LogP contribution in [0.4, 0.5) is 0 Å². The number of hydrogen-bond acceptors (Lipinski definition) is 5. The summed E-state index contributed by atoms with van der Waals surface area (Å²) in [4.78, 5) is 20.9. The second-order valence-electron chi connectivity index (χ2n) is 8.02. The Labute approximate surface area is 150 Å². The molecule has 2 heterocycles. The Bertz CT molecular complexity index is 549. The molecule has 1 aromatic rings. The van der Waals surface area contributed by atoms with E-state index in [4.69, 9.17) is 9.51 Å². The normalized spacial score (nSPS) is 23.0. The molecule has 1 saturated heterocycles. The largest absolute Gasteiger partial charge is 0.341 e. The van der Waals surface area contributed by atoms with Crippen LogP contribution in [0.1, 0.15) is 69.0 Å². The SMILES string of the molecule is CN(C)CC(=O)N1CCCC(Cc2nc(C3CCCCCC3)no2)C1. The maximum Gasteiger partial charge on any atom is 0.236 e. The first-order valence-electron chi connectivity index (χ1n) is 9.87. The third kappa shape index (κ3) is 5.27. The molecule has 0 spiro atoms. The minimum absolute atomic E-state index is 0.222. The van der Waals surface area contributed by atoms with Gasteiger partial charge in [0.2, 0.25) is 11.8 Å². The fraction of sp³-hybridized carbons (Fsp3) is 0.842. The molecule has 1 unspecified atom stereocenters. The number of aromatic nitrogens is 2. The van der Waals surface area contributed by atoms with Crippen molar-refractivity contribution in [3.05, 3.63) is 11.7 Å². The van der Waals surface area contributed by atoms with Crippen molar-refractivity contribution in [1.29, 1.82) is 0 Å². The predicted molar refractivity (Wildman–Crippen MR) is 96.3 cm³/mol. The minimum Gasteiger partial charge on any atom is -0.341 e. The summed E-state index contributed by atoms with van der Waals surface area (Å²) in [5, 5.41) is 4.27. The number of carbonyl (C=O) groups excluding carboxylic acids is 1. The minimum atomic E-state index is 0.222. The third-order valence-electron chi connectivity index (χ3n) is 5.49. The molecule has 2 aliphatic rings. The summed E-state index contributed by atoms with van der Waals surface area (Å²) in [6, 6.07) is 0. The van der Waals surface area contributed by atoms with Gasteiger partial charge < -0.3 is 14.3 Å². The topological polar surface area (TPSA) is 62.5 Å². The molecule has 25 heavy (non-hydrogen) atoms. The molecule has 140 valence electrons. The van der Waals surface area contributed by atoms with E-state index in [1.165, 1.54) is 38.5 Å². The van der Waals surface area contributed by atoms with Gasteiger partial charge in [0.15, 0.2) is 5.82 Å². The highest BCUT2D eigenvalue weighted by molar-refractivity contribution is 5.78. The molecule has 6 nitrogen and oxygen atoms in total. The number of likely N-dealkylation sites (N-methyl/N-ethyl adjacent to an activating group) is 1. The lowest BCUT2D eigenvalue weighted by molar-refractivity contribution is -0.133. The highest BCUT2D eigenvalue weighted by atomic mass is 16.5. The van der Waals surface area contributed by atoms with Crippen LogP contribution in [0, 0.1) is 5.92 Å². The first-order valence-corrected chi connectivity index (χ1v) is 9.87. The Balaban J connectivity index is 1.54. The van der Waals surface area contributed by atoms with Crippen LogP contribution in [-0.2, 0) is 11.2 Å². The summed E-state index contributed by atoms with van der Waals surface area (Å²) in [7, 11) is 3.87. The highest BCUT2D eigenvalue weighted by Crippen LogP contribution is 2.30. The number of amides is 1. The predicted octanol–water partition coefficient (Wildman–Crippen LogP) is 2.85. The zero-order valence-electron chi connectivity index (χ0n) is 15.7. The van der Waals surface area contributed by atoms with Crippen LogP contribution in [0.15, 0.2) is 4.52 Å². The highest BCUT2D eigenvalue weighted by Gasteiger charge is 2.26. The lowest BCUT2D eigenvalue weighted by Gasteiger charge is -2.33. The molecule has 0 aromatic carbocycles. The summed E-state index contributed by atoms with van der Waals surface area (Å²) < 4.78 is 5.55. The number of likely N-dealkylation sites (tertiary alicyclic amines) is 1. The summed E-state index contributed by atoms with van der Waals surface area (Å²) in [5.74, 6) is 2.80. The Morgan fingerprint density at radius 3 is 2.64 bits per heavy atom. The van der Waals surface area contributed by atoms with E-state index in [1.54, 1.807) is 0 Å². The van der Waals surface area contributed by atoms with E-state index in [9.17, 15) is 4.79 Å².